The Labute approximate surface area is 136 Å². The largest absolute Gasteiger partial charge is 0.366 e. The summed E-state index contributed by atoms with van der Waals surface area (Å²) in [6.07, 6.45) is 8.56. The molecule has 0 aromatic heterocycles. The van der Waals surface area contributed by atoms with Gasteiger partial charge < -0.3 is 9.47 Å². The fourth-order valence-corrected chi connectivity index (χ4v) is 4.19. The SMILES string of the molecule is C=C(C)[C@@H]1CC[C@@]2(C)O[C@H]2C1.C=C(C)[C@H]1CC[C@]2(C)O[C@@H]2C1. The lowest BCUT2D eigenvalue weighted by molar-refractivity contribution is 0.302. The number of rotatable bonds is 2. The molecule has 2 heteroatoms. The van der Waals surface area contributed by atoms with E-state index in [-0.39, 0.29) is 11.2 Å². The highest BCUT2D eigenvalue weighted by atomic mass is 16.6. The molecule has 2 saturated carbocycles. The van der Waals surface area contributed by atoms with Gasteiger partial charge in [-0.25, -0.2) is 0 Å². The number of hydrogen-bond donors (Lipinski definition) is 0. The Hall–Kier alpha value is -0.600. The molecular formula is C20H32O2. The van der Waals surface area contributed by atoms with Crippen LogP contribution in [0.4, 0.5) is 0 Å². The number of fused-ring (bicyclic) bond motifs is 2. The lowest BCUT2D eigenvalue weighted by atomic mass is 9.80. The summed E-state index contributed by atoms with van der Waals surface area (Å²) in [6, 6.07) is 0. The fraction of sp³-hybridized carbons (Fsp3) is 0.800. The second kappa shape index (κ2) is 5.49. The molecule has 6 atom stereocenters. The van der Waals surface area contributed by atoms with Crippen LogP contribution < -0.4 is 0 Å². The predicted molar refractivity (Wildman–Crippen MR) is 90.9 cm³/mol. The summed E-state index contributed by atoms with van der Waals surface area (Å²) in [5.74, 6) is 1.46. The van der Waals surface area contributed by atoms with Crippen molar-refractivity contribution in [3.05, 3.63) is 24.3 Å². The van der Waals surface area contributed by atoms with E-state index < -0.39 is 0 Å². The maximum Gasteiger partial charge on any atom is 0.0920 e. The minimum atomic E-state index is 0.270. The molecule has 4 fully saturated rings. The summed E-state index contributed by atoms with van der Waals surface area (Å²) in [4.78, 5) is 0. The zero-order valence-electron chi connectivity index (χ0n) is 14.8. The molecule has 0 spiro atoms. The molecule has 0 radical (unpaired) electrons. The van der Waals surface area contributed by atoms with Crippen molar-refractivity contribution in [2.24, 2.45) is 11.8 Å². The maximum absolute atomic E-state index is 5.60. The zero-order chi connectivity index (χ0) is 16.1. The van der Waals surface area contributed by atoms with Crippen molar-refractivity contribution in [3.63, 3.8) is 0 Å². The van der Waals surface area contributed by atoms with E-state index in [1.807, 2.05) is 0 Å². The zero-order valence-corrected chi connectivity index (χ0v) is 14.8. The first kappa shape index (κ1) is 16.3. The predicted octanol–water partition coefficient (Wildman–Crippen LogP) is 5.04. The van der Waals surface area contributed by atoms with Gasteiger partial charge in [-0.15, -0.1) is 0 Å². The molecule has 0 aromatic carbocycles. The van der Waals surface area contributed by atoms with Crippen molar-refractivity contribution >= 4 is 0 Å². The fourth-order valence-electron chi connectivity index (χ4n) is 4.19. The van der Waals surface area contributed by atoms with Crippen molar-refractivity contribution in [3.8, 4) is 0 Å². The first-order valence-corrected chi connectivity index (χ1v) is 8.90. The van der Waals surface area contributed by atoms with E-state index in [0.717, 1.165) is 11.8 Å². The van der Waals surface area contributed by atoms with Gasteiger partial charge in [-0.2, -0.15) is 0 Å². The van der Waals surface area contributed by atoms with Gasteiger partial charge >= 0.3 is 0 Å². The molecule has 2 aliphatic carbocycles. The van der Waals surface area contributed by atoms with Gasteiger partial charge in [-0.3, -0.25) is 0 Å². The Morgan fingerprint density at radius 3 is 1.45 bits per heavy atom. The first-order chi connectivity index (χ1) is 10.2. The Morgan fingerprint density at radius 1 is 0.818 bits per heavy atom. The quantitative estimate of drug-likeness (QED) is 0.527. The molecule has 0 amide bonds. The molecule has 2 nitrogen and oxygen atoms in total. The van der Waals surface area contributed by atoms with Crippen molar-refractivity contribution in [1.82, 2.24) is 0 Å². The Balaban J connectivity index is 0.000000131. The second-order valence-electron chi connectivity index (χ2n) is 8.47. The van der Waals surface area contributed by atoms with Crippen molar-refractivity contribution < 1.29 is 9.47 Å². The maximum atomic E-state index is 5.60. The number of allylic oxidation sites excluding steroid dienone is 2. The van der Waals surface area contributed by atoms with E-state index in [1.165, 1.54) is 49.7 Å². The van der Waals surface area contributed by atoms with Gasteiger partial charge in [0.25, 0.3) is 0 Å². The Kier molecular flexibility index (Phi) is 4.06. The summed E-state index contributed by atoms with van der Waals surface area (Å²) in [6.45, 7) is 16.7. The number of hydrogen-bond acceptors (Lipinski definition) is 2. The lowest BCUT2D eigenvalue weighted by Gasteiger charge is -2.22. The first-order valence-electron chi connectivity index (χ1n) is 8.90. The minimum absolute atomic E-state index is 0.270. The van der Waals surface area contributed by atoms with E-state index in [4.69, 9.17) is 9.47 Å². The van der Waals surface area contributed by atoms with Crippen LogP contribution in [-0.4, -0.2) is 23.4 Å². The van der Waals surface area contributed by atoms with Crippen molar-refractivity contribution in [1.29, 1.82) is 0 Å². The van der Waals surface area contributed by atoms with Gasteiger partial charge in [-0.05, 0) is 78.1 Å². The third-order valence-electron chi connectivity index (χ3n) is 6.44. The van der Waals surface area contributed by atoms with Gasteiger partial charge in [-0.1, -0.05) is 24.3 Å². The average Bonchev–Trinajstić information content (AvgIpc) is 3.30. The number of ether oxygens (including phenoxy) is 2. The highest BCUT2D eigenvalue weighted by molar-refractivity contribution is 5.11. The molecule has 0 aromatic rings. The van der Waals surface area contributed by atoms with Gasteiger partial charge in [0.2, 0.25) is 0 Å². The molecule has 22 heavy (non-hydrogen) atoms. The third-order valence-corrected chi connectivity index (χ3v) is 6.44. The molecule has 2 saturated heterocycles. The Morgan fingerprint density at radius 2 is 1.18 bits per heavy atom. The van der Waals surface area contributed by atoms with Crippen LogP contribution >= 0.6 is 0 Å². The topological polar surface area (TPSA) is 25.1 Å². The summed E-state index contributed by atoms with van der Waals surface area (Å²) in [5.41, 5.74) is 3.21. The Bertz CT molecular complexity index is 438. The lowest BCUT2D eigenvalue weighted by Crippen LogP contribution is -2.21. The van der Waals surface area contributed by atoms with Crippen LogP contribution in [0.3, 0.4) is 0 Å². The molecule has 0 N–H and O–H groups in total. The third kappa shape index (κ3) is 3.19. The van der Waals surface area contributed by atoms with E-state index in [0.29, 0.717) is 12.2 Å². The van der Waals surface area contributed by atoms with Gasteiger partial charge in [0.1, 0.15) is 0 Å². The monoisotopic (exact) mass is 304 g/mol. The van der Waals surface area contributed by atoms with Crippen LogP contribution in [0, 0.1) is 11.8 Å². The summed E-state index contributed by atoms with van der Waals surface area (Å²) in [7, 11) is 0. The molecule has 4 rings (SSSR count). The smallest absolute Gasteiger partial charge is 0.0920 e. The van der Waals surface area contributed by atoms with Crippen molar-refractivity contribution in [2.45, 2.75) is 89.6 Å². The van der Waals surface area contributed by atoms with Crippen LogP contribution in [0.2, 0.25) is 0 Å². The standard InChI is InChI=1S/2C10H16O/c2*1-7(2)8-4-5-10(3)9(6-8)11-10/h2*8-9H,1,4-6H2,2-3H3/t2*8-,9+,10-/m10/s1. The van der Waals surface area contributed by atoms with Crippen LogP contribution in [0.5, 0.6) is 0 Å². The molecule has 2 aliphatic heterocycles. The molecular weight excluding hydrogens is 272 g/mol. The van der Waals surface area contributed by atoms with E-state index in [1.54, 1.807) is 0 Å². The second-order valence-corrected chi connectivity index (χ2v) is 8.47. The number of epoxide rings is 2. The highest BCUT2D eigenvalue weighted by Gasteiger charge is 2.55. The molecule has 0 bridgehead atoms. The van der Waals surface area contributed by atoms with Crippen LogP contribution in [0.1, 0.15) is 66.2 Å². The van der Waals surface area contributed by atoms with E-state index in [2.05, 4.69) is 40.9 Å². The molecule has 4 aliphatic rings. The highest BCUT2D eigenvalue weighted by Crippen LogP contribution is 2.51. The summed E-state index contributed by atoms with van der Waals surface area (Å²) >= 11 is 0. The van der Waals surface area contributed by atoms with Crippen molar-refractivity contribution in [2.75, 3.05) is 0 Å². The summed E-state index contributed by atoms with van der Waals surface area (Å²) in [5, 5.41) is 0. The molecule has 2 heterocycles. The minimum Gasteiger partial charge on any atom is -0.366 e. The molecule has 0 unspecified atom stereocenters. The van der Waals surface area contributed by atoms with E-state index in [9.17, 15) is 0 Å². The molecule has 124 valence electrons. The average molecular weight is 304 g/mol. The van der Waals surface area contributed by atoms with Gasteiger partial charge in [0, 0.05) is 0 Å². The van der Waals surface area contributed by atoms with Crippen LogP contribution in [0.25, 0.3) is 0 Å². The van der Waals surface area contributed by atoms with Gasteiger partial charge in [0.05, 0.1) is 23.4 Å². The van der Waals surface area contributed by atoms with Crippen LogP contribution in [0.15, 0.2) is 24.3 Å². The normalized spacial score (nSPS) is 48.2. The summed E-state index contributed by atoms with van der Waals surface area (Å²) < 4.78 is 11.2. The van der Waals surface area contributed by atoms with Gasteiger partial charge in [0.15, 0.2) is 0 Å². The van der Waals surface area contributed by atoms with Crippen LogP contribution in [-0.2, 0) is 9.47 Å². The van der Waals surface area contributed by atoms with E-state index >= 15 is 0 Å².